The molecule has 16 heavy (non-hydrogen) atoms. The summed E-state index contributed by atoms with van der Waals surface area (Å²) >= 11 is 0. The van der Waals surface area contributed by atoms with Crippen LogP contribution in [0.4, 0.5) is 0 Å². The van der Waals surface area contributed by atoms with E-state index in [0.717, 1.165) is 6.42 Å². The lowest BCUT2D eigenvalue weighted by molar-refractivity contribution is -0.127. The second-order valence-electron chi connectivity index (χ2n) is 4.07. The third-order valence-electron chi connectivity index (χ3n) is 2.92. The quantitative estimate of drug-likeness (QED) is 0.779. The number of ether oxygens (including phenoxy) is 1. The monoisotopic (exact) mass is 224 g/mol. The van der Waals surface area contributed by atoms with E-state index in [0.29, 0.717) is 12.4 Å². The number of carbonyl (C=O) groups excluding carboxylic acids is 1. The van der Waals surface area contributed by atoms with Crippen LogP contribution in [0.2, 0.25) is 0 Å². The van der Waals surface area contributed by atoms with Crippen molar-refractivity contribution >= 4 is 5.91 Å². The fourth-order valence-corrected chi connectivity index (χ4v) is 1.89. The van der Waals surface area contributed by atoms with Crippen molar-refractivity contribution < 1.29 is 9.53 Å². The van der Waals surface area contributed by atoms with Crippen molar-refractivity contribution in [2.45, 2.75) is 32.4 Å². The predicted octanol–water partition coefficient (Wildman–Crippen LogP) is 0.407. The van der Waals surface area contributed by atoms with Gasteiger partial charge >= 0.3 is 0 Å². The van der Waals surface area contributed by atoms with Crippen LogP contribution in [0.1, 0.15) is 32.1 Å². The minimum Gasteiger partial charge on any atom is -0.378 e. The van der Waals surface area contributed by atoms with Crippen molar-refractivity contribution in [1.82, 2.24) is 20.5 Å². The molecule has 1 aromatic heterocycles. The highest BCUT2D eigenvalue weighted by Crippen LogP contribution is 2.21. The molecular formula is C10H16N4O2. The van der Waals surface area contributed by atoms with Crippen LogP contribution in [0, 0.1) is 5.92 Å². The van der Waals surface area contributed by atoms with Crippen molar-refractivity contribution in [1.29, 1.82) is 0 Å². The summed E-state index contributed by atoms with van der Waals surface area (Å²) in [5.74, 6) is 0.638. The molecule has 1 aliphatic rings. The number of hydrogen-bond acceptors (Lipinski definition) is 4. The van der Waals surface area contributed by atoms with Gasteiger partial charge < -0.3 is 10.1 Å². The van der Waals surface area contributed by atoms with Crippen LogP contribution in [-0.4, -0.2) is 33.8 Å². The Kier molecular flexibility index (Phi) is 3.19. The van der Waals surface area contributed by atoms with E-state index in [1.807, 2.05) is 13.8 Å². The molecule has 0 saturated carbocycles. The molecule has 6 heteroatoms. The van der Waals surface area contributed by atoms with Gasteiger partial charge in [-0.1, -0.05) is 0 Å². The first kappa shape index (κ1) is 11.1. The summed E-state index contributed by atoms with van der Waals surface area (Å²) in [6.45, 7) is 4.46. The number of aromatic nitrogens is 3. The number of nitrogens with zero attached hydrogens (tertiary/aromatic N) is 2. The van der Waals surface area contributed by atoms with E-state index in [9.17, 15) is 4.79 Å². The molecule has 0 aliphatic carbocycles. The Morgan fingerprint density at radius 3 is 3.12 bits per heavy atom. The van der Waals surface area contributed by atoms with Gasteiger partial charge in [0, 0.05) is 6.61 Å². The Morgan fingerprint density at radius 2 is 2.56 bits per heavy atom. The Morgan fingerprint density at radius 1 is 1.75 bits per heavy atom. The second-order valence-corrected chi connectivity index (χ2v) is 4.07. The summed E-state index contributed by atoms with van der Waals surface area (Å²) in [7, 11) is 0. The topological polar surface area (TPSA) is 79.9 Å². The average Bonchev–Trinajstić information content (AvgIpc) is 2.86. The Labute approximate surface area is 93.8 Å². The van der Waals surface area contributed by atoms with Crippen LogP contribution in [0.15, 0.2) is 6.33 Å². The van der Waals surface area contributed by atoms with Gasteiger partial charge in [-0.2, -0.15) is 5.10 Å². The molecule has 3 atom stereocenters. The van der Waals surface area contributed by atoms with Gasteiger partial charge in [0.2, 0.25) is 5.91 Å². The van der Waals surface area contributed by atoms with Gasteiger partial charge in [-0.3, -0.25) is 9.89 Å². The molecule has 0 aromatic carbocycles. The third kappa shape index (κ3) is 2.21. The molecule has 0 radical (unpaired) electrons. The summed E-state index contributed by atoms with van der Waals surface area (Å²) in [6.07, 6.45) is 2.22. The molecule has 1 aromatic rings. The summed E-state index contributed by atoms with van der Waals surface area (Å²) < 4.78 is 5.36. The fraction of sp³-hybridized carbons (Fsp3) is 0.700. The van der Waals surface area contributed by atoms with Crippen LogP contribution in [0.25, 0.3) is 0 Å². The molecule has 2 N–H and O–H groups in total. The molecule has 1 aliphatic heterocycles. The lowest BCUT2D eigenvalue weighted by Gasteiger charge is -2.17. The largest absolute Gasteiger partial charge is 0.378 e. The molecule has 0 spiro atoms. The molecule has 1 amide bonds. The van der Waals surface area contributed by atoms with Crippen LogP contribution in [0.5, 0.6) is 0 Å². The van der Waals surface area contributed by atoms with Crippen LogP contribution >= 0.6 is 0 Å². The van der Waals surface area contributed by atoms with Crippen molar-refractivity contribution in [2.24, 2.45) is 5.92 Å². The van der Waals surface area contributed by atoms with Gasteiger partial charge in [0.05, 0.1) is 18.1 Å². The lowest BCUT2D eigenvalue weighted by Crippen LogP contribution is -2.36. The zero-order valence-electron chi connectivity index (χ0n) is 9.43. The first-order valence-corrected chi connectivity index (χ1v) is 5.45. The molecule has 88 valence electrons. The second kappa shape index (κ2) is 4.61. The lowest BCUT2D eigenvalue weighted by atomic mass is 10.0. The SMILES string of the molecule is CC(NC(=O)C1CCOC1C)c1ncn[nH]1. The number of nitrogens with one attached hydrogen (secondary N) is 2. The maximum atomic E-state index is 11.9. The first-order valence-electron chi connectivity index (χ1n) is 5.45. The van der Waals surface area contributed by atoms with Gasteiger partial charge in [-0.25, -0.2) is 4.98 Å². The van der Waals surface area contributed by atoms with E-state index in [2.05, 4.69) is 20.5 Å². The standard InChI is InChI=1S/C10H16N4O2/c1-6(9-11-5-12-14-9)13-10(15)8-3-4-16-7(8)2/h5-8H,3-4H2,1-2H3,(H,13,15)(H,11,12,14). The highest BCUT2D eigenvalue weighted by molar-refractivity contribution is 5.79. The van der Waals surface area contributed by atoms with E-state index < -0.39 is 0 Å². The smallest absolute Gasteiger partial charge is 0.226 e. The number of amides is 1. The minimum absolute atomic E-state index is 0.00178. The van der Waals surface area contributed by atoms with E-state index in [-0.39, 0.29) is 24.0 Å². The number of rotatable bonds is 3. The maximum Gasteiger partial charge on any atom is 0.226 e. The zero-order valence-corrected chi connectivity index (χ0v) is 9.43. The Balaban J connectivity index is 1.92. The molecule has 2 rings (SSSR count). The average molecular weight is 224 g/mol. The van der Waals surface area contributed by atoms with Gasteiger partial charge in [0.25, 0.3) is 0 Å². The van der Waals surface area contributed by atoms with Crippen molar-refractivity contribution in [3.05, 3.63) is 12.2 Å². The molecule has 2 heterocycles. The van der Waals surface area contributed by atoms with Gasteiger partial charge in [0.1, 0.15) is 12.2 Å². The van der Waals surface area contributed by atoms with Crippen LogP contribution in [-0.2, 0) is 9.53 Å². The molecule has 3 unspecified atom stereocenters. The van der Waals surface area contributed by atoms with Crippen molar-refractivity contribution in [3.8, 4) is 0 Å². The maximum absolute atomic E-state index is 11.9. The Hall–Kier alpha value is -1.43. The normalized spacial score (nSPS) is 26.6. The number of H-pyrrole nitrogens is 1. The van der Waals surface area contributed by atoms with E-state index in [1.54, 1.807) is 0 Å². The first-order chi connectivity index (χ1) is 7.68. The molecule has 0 bridgehead atoms. The van der Waals surface area contributed by atoms with Crippen molar-refractivity contribution in [2.75, 3.05) is 6.61 Å². The van der Waals surface area contributed by atoms with E-state index >= 15 is 0 Å². The molecular weight excluding hydrogens is 208 g/mol. The molecule has 1 fully saturated rings. The van der Waals surface area contributed by atoms with Gasteiger partial charge in [0.15, 0.2) is 0 Å². The third-order valence-corrected chi connectivity index (χ3v) is 2.92. The summed E-state index contributed by atoms with van der Waals surface area (Å²) in [6, 6.07) is -0.150. The fourth-order valence-electron chi connectivity index (χ4n) is 1.89. The van der Waals surface area contributed by atoms with Crippen molar-refractivity contribution in [3.63, 3.8) is 0 Å². The number of hydrogen-bond donors (Lipinski definition) is 2. The van der Waals surface area contributed by atoms with Crippen LogP contribution < -0.4 is 5.32 Å². The Bertz CT molecular complexity index is 352. The highest BCUT2D eigenvalue weighted by atomic mass is 16.5. The highest BCUT2D eigenvalue weighted by Gasteiger charge is 2.31. The van der Waals surface area contributed by atoms with E-state index in [4.69, 9.17) is 4.74 Å². The number of carbonyl (C=O) groups is 1. The van der Waals surface area contributed by atoms with Gasteiger partial charge in [-0.05, 0) is 20.3 Å². The molecule has 6 nitrogen and oxygen atoms in total. The molecule has 1 saturated heterocycles. The number of aromatic amines is 1. The van der Waals surface area contributed by atoms with Crippen LogP contribution in [0.3, 0.4) is 0 Å². The minimum atomic E-state index is -0.150. The summed E-state index contributed by atoms with van der Waals surface area (Å²) in [5.41, 5.74) is 0. The van der Waals surface area contributed by atoms with Gasteiger partial charge in [-0.15, -0.1) is 0 Å². The van der Waals surface area contributed by atoms with E-state index in [1.165, 1.54) is 6.33 Å². The predicted molar refractivity (Wildman–Crippen MR) is 56.5 cm³/mol. The summed E-state index contributed by atoms with van der Waals surface area (Å²) in [4.78, 5) is 15.9. The zero-order chi connectivity index (χ0) is 11.5. The summed E-state index contributed by atoms with van der Waals surface area (Å²) in [5, 5.41) is 9.39.